The van der Waals surface area contributed by atoms with Crippen LogP contribution in [0.2, 0.25) is 0 Å². The van der Waals surface area contributed by atoms with Gasteiger partial charge in [-0.3, -0.25) is 4.79 Å². The van der Waals surface area contributed by atoms with Crippen LogP contribution in [0.25, 0.3) is 0 Å². The van der Waals surface area contributed by atoms with Crippen LogP contribution >= 0.6 is 12.6 Å². The monoisotopic (exact) mass is 259 g/mol. The summed E-state index contributed by atoms with van der Waals surface area (Å²) in [5, 5.41) is 1.77. The molecule has 1 aromatic rings. The third-order valence-corrected chi connectivity index (χ3v) is 3.24. The van der Waals surface area contributed by atoms with Crippen LogP contribution in [0.3, 0.4) is 0 Å². The number of benzene rings is 1. The predicted octanol–water partition coefficient (Wildman–Crippen LogP) is 3.17. The molecule has 0 heterocycles. The number of hydrogen-bond donors (Lipinski definition) is 2. The summed E-state index contributed by atoms with van der Waals surface area (Å²) in [6.07, 6.45) is 0. The summed E-state index contributed by atoms with van der Waals surface area (Å²) in [4.78, 5) is 11.6. The average molecular weight is 259 g/mol. The molecular weight excluding hydrogens is 244 g/mol. The Bertz CT molecular complexity index is 435. The molecule has 0 saturated heterocycles. The highest BCUT2D eigenvalue weighted by molar-refractivity contribution is 7.81. The van der Waals surface area contributed by atoms with Gasteiger partial charge in [0.25, 0.3) is 0 Å². The van der Waals surface area contributed by atoms with Crippen molar-refractivity contribution in [2.75, 3.05) is 5.32 Å². The minimum Gasteiger partial charge on any atom is -0.323 e. The third-order valence-electron chi connectivity index (χ3n) is 2.41. The molecule has 0 saturated carbocycles. The number of halogens is 2. The highest BCUT2D eigenvalue weighted by Crippen LogP contribution is 2.20. The van der Waals surface area contributed by atoms with Gasteiger partial charge in [0.1, 0.15) is 11.6 Å². The standard InChI is InChI=1S/C12H15F2NOS/c1-6(2)11(17)12(16)15-10-5-8(13)7(3)4-9(10)14/h4-6,11,17H,1-3H3,(H,15,16). The van der Waals surface area contributed by atoms with E-state index in [1.54, 1.807) is 0 Å². The zero-order chi connectivity index (χ0) is 13.2. The molecule has 0 aliphatic carbocycles. The predicted molar refractivity (Wildman–Crippen MR) is 67.3 cm³/mol. The summed E-state index contributed by atoms with van der Waals surface area (Å²) in [5.74, 6) is -1.63. The molecule has 17 heavy (non-hydrogen) atoms. The van der Waals surface area contributed by atoms with Gasteiger partial charge in [0.05, 0.1) is 10.9 Å². The van der Waals surface area contributed by atoms with Crippen molar-refractivity contribution >= 4 is 24.2 Å². The van der Waals surface area contributed by atoms with Crippen LogP contribution in [0.15, 0.2) is 12.1 Å². The van der Waals surface area contributed by atoms with Gasteiger partial charge < -0.3 is 5.32 Å². The number of carbonyl (C=O) groups is 1. The summed E-state index contributed by atoms with van der Waals surface area (Å²) >= 11 is 4.10. The number of anilines is 1. The Balaban J connectivity index is 2.89. The molecule has 0 radical (unpaired) electrons. The van der Waals surface area contributed by atoms with Crippen molar-refractivity contribution in [3.8, 4) is 0 Å². The SMILES string of the molecule is Cc1cc(F)c(NC(=O)C(S)C(C)C)cc1F. The first kappa shape index (κ1) is 14.0. The fraction of sp³-hybridized carbons (Fsp3) is 0.417. The van der Waals surface area contributed by atoms with Gasteiger partial charge >= 0.3 is 0 Å². The molecule has 1 amide bonds. The van der Waals surface area contributed by atoms with E-state index in [1.165, 1.54) is 6.92 Å². The van der Waals surface area contributed by atoms with Crippen LogP contribution in [0.1, 0.15) is 19.4 Å². The normalized spacial score (nSPS) is 12.6. The Hall–Kier alpha value is -1.10. The first-order valence-electron chi connectivity index (χ1n) is 5.27. The molecule has 0 aromatic heterocycles. The Kier molecular flexibility index (Phi) is 4.51. The maximum atomic E-state index is 13.4. The third kappa shape index (κ3) is 3.43. The molecule has 1 unspecified atom stereocenters. The fourth-order valence-electron chi connectivity index (χ4n) is 1.25. The van der Waals surface area contributed by atoms with E-state index in [0.29, 0.717) is 0 Å². The Labute approximate surface area is 105 Å². The first-order valence-corrected chi connectivity index (χ1v) is 5.79. The van der Waals surface area contributed by atoms with Crippen molar-refractivity contribution in [3.63, 3.8) is 0 Å². The van der Waals surface area contributed by atoms with Crippen LogP contribution in [-0.4, -0.2) is 11.2 Å². The second-order valence-corrected chi connectivity index (χ2v) is 4.82. The zero-order valence-electron chi connectivity index (χ0n) is 9.92. The maximum Gasteiger partial charge on any atom is 0.237 e. The number of nitrogens with one attached hydrogen (secondary N) is 1. The molecule has 1 rings (SSSR count). The highest BCUT2D eigenvalue weighted by Gasteiger charge is 2.19. The lowest BCUT2D eigenvalue weighted by Crippen LogP contribution is -2.28. The molecule has 0 spiro atoms. The van der Waals surface area contributed by atoms with Gasteiger partial charge in [-0.05, 0) is 24.5 Å². The van der Waals surface area contributed by atoms with Gasteiger partial charge in [0, 0.05) is 6.07 Å². The van der Waals surface area contributed by atoms with E-state index >= 15 is 0 Å². The number of amides is 1. The average Bonchev–Trinajstić information content (AvgIpc) is 2.24. The number of carbonyl (C=O) groups excluding carboxylic acids is 1. The molecule has 0 aliphatic rings. The van der Waals surface area contributed by atoms with E-state index in [2.05, 4.69) is 17.9 Å². The lowest BCUT2D eigenvalue weighted by Gasteiger charge is -2.15. The van der Waals surface area contributed by atoms with Gasteiger partial charge in [-0.15, -0.1) is 0 Å². The van der Waals surface area contributed by atoms with E-state index < -0.39 is 22.8 Å². The zero-order valence-corrected chi connectivity index (χ0v) is 10.8. The van der Waals surface area contributed by atoms with Crippen molar-refractivity contribution < 1.29 is 13.6 Å². The maximum absolute atomic E-state index is 13.4. The lowest BCUT2D eigenvalue weighted by molar-refractivity contribution is -0.116. The van der Waals surface area contributed by atoms with E-state index in [4.69, 9.17) is 0 Å². The molecule has 1 N–H and O–H groups in total. The van der Waals surface area contributed by atoms with Crippen LogP contribution in [-0.2, 0) is 4.79 Å². The van der Waals surface area contributed by atoms with Gasteiger partial charge in [0.2, 0.25) is 5.91 Å². The number of rotatable bonds is 3. The van der Waals surface area contributed by atoms with E-state index in [-0.39, 0.29) is 17.2 Å². The molecule has 0 aliphatic heterocycles. The smallest absolute Gasteiger partial charge is 0.237 e. The van der Waals surface area contributed by atoms with Gasteiger partial charge in [0.15, 0.2) is 0 Å². The molecular formula is C12H15F2NOS. The highest BCUT2D eigenvalue weighted by atomic mass is 32.1. The fourth-order valence-corrected chi connectivity index (χ4v) is 1.32. The summed E-state index contributed by atoms with van der Waals surface area (Å²) in [6.45, 7) is 5.10. The van der Waals surface area contributed by atoms with E-state index in [0.717, 1.165) is 12.1 Å². The molecule has 1 atom stereocenters. The van der Waals surface area contributed by atoms with Gasteiger partial charge in [-0.25, -0.2) is 8.78 Å². The van der Waals surface area contributed by atoms with Crippen LogP contribution in [0.4, 0.5) is 14.5 Å². The topological polar surface area (TPSA) is 29.1 Å². The van der Waals surface area contributed by atoms with Crippen molar-refractivity contribution in [1.29, 1.82) is 0 Å². The molecule has 94 valence electrons. The van der Waals surface area contributed by atoms with Crippen molar-refractivity contribution in [2.45, 2.75) is 26.0 Å². The minimum absolute atomic E-state index is 0.0108. The second kappa shape index (κ2) is 5.49. The quantitative estimate of drug-likeness (QED) is 0.802. The summed E-state index contributed by atoms with van der Waals surface area (Å²) < 4.78 is 26.7. The van der Waals surface area contributed by atoms with Crippen LogP contribution in [0, 0.1) is 24.5 Å². The number of thiol groups is 1. The minimum atomic E-state index is -0.651. The molecule has 0 fully saturated rings. The van der Waals surface area contributed by atoms with Crippen LogP contribution < -0.4 is 5.32 Å². The molecule has 5 heteroatoms. The van der Waals surface area contributed by atoms with Crippen LogP contribution in [0.5, 0.6) is 0 Å². The van der Waals surface area contributed by atoms with Gasteiger partial charge in [-0.1, -0.05) is 13.8 Å². The summed E-state index contributed by atoms with van der Waals surface area (Å²) in [7, 11) is 0. The molecule has 2 nitrogen and oxygen atoms in total. The van der Waals surface area contributed by atoms with Gasteiger partial charge in [-0.2, -0.15) is 12.6 Å². The summed E-state index contributed by atoms with van der Waals surface area (Å²) in [6, 6.07) is 2.03. The van der Waals surface area contributed by atoms with Crippen molar-refractivity contribution in [3.05, 3.63) is 29.3 Å². The largest absolute Gasteiger partial charge is 0.323 e. The number of hydrogen-bond acceptors (Lipinski definition) is 2. The second-order valence-electron chi connectivity index (χ2n) is 4.26. The van der Waals surface area contributed by atoms with Crippen molar-refractivity contribution in [1.82, 2.24) is 0 Å². The molecule has 1 aromatic carbocycles. The first-order chi connectivity index (χ1) is 7.82. The Morgan fingerprint density at radius 3 is 2.41 bits per heavy atom. The van der Waals surface area contributed by atoms with E-state index in [9.17, 15) is 13.6 Å². The molecule has 0 bridgehead atoms. The van der Waals surface area contributed by atoms with Crippen molar-refractivity contribution in [2.24, 2.45) is 5.92 Å². The Morgan fingerprint density at radius 2 is 1.88 bits per heavy atom. The Morgan fingerprint density at radius 1 is 1.29 bits per heavy atom. The number of aryl methyl sites for hydroxylation is 1. The lowest BCUT2D eigenvalue weighted by atomic mass is 10.1. The summed E-state index contributed by atoms with van der Waals surface area (Å²) in [5.41, 5.74) is 0.0459. The van der Waals surface area contributed by atoms with E-state index in [1.807, 2.05) is 13.8 Å².